The molecule has 0 aliphatic carbocycles. The van der Waals surface area contributed by atoms with Gasteiger partial charge in [-0.1, -0.05) is 12.1 Å². The zero-order chi connectivity index (χ0) is 15.5. The molecule has 108 valence electrons. The molecule has 0 aromatic heterocycles. The SMILES string of the molecule is CC(C(=O)O)=C(C)C(=O)Nc1ccccc1C(F)(F)F. The first-order valence-electron chi connectivity index (χ1n) is 5.53. The number of carboxylic acids is 1. The first-order chi connectivity index (χ1) is 9.14. The lowest BCUT2D eigenvalue weighted by molar-refractivity contribution is -0.137. The third-order valence-corrected chi connectivity index (χ3v) is 2.70. The zero-order valence-electron chi connectivity index (χ0n) is 10.7. The van der Waals surface area contributed by atoms with Crippen LogP contribution in [0.15, 0.2) is 35.4 Å². The van der Waals surface area contributed by atoms with E-state index in [2.05, 4.69) is 5.32 Å². The third-order valence-electron chi connectivity index (χ3n) is 2.70. The average Bonchev–Trinajstić information content (AvgIpc) is 2.36. The van der Waals surface area contributed by atoms with E-state index in [4.69, 9.17) is 5.11 Å². The standard InChI is InChI=1S/C13H12F3NO3/c1-7(8(2)12(19)20)11(18)17-10-6-4-3-5-9(10)13(14,15)16/h3-6H,1-2H3,(H,17,18)(H,19,20). The maximum absolute atomic E-state index is 12.7. The monoisotopic (exact) mass is 287 g/mol. The molecule has 7 heteroatoms. The number of anilines is 1. The van der Waals surface area contributed by atoms with E-state index in [0.29, 0.717) is 0 Å². The topological polar surface area (TPSA) is 66.4 Å². The van der Waals surface area contributed by atoms with Gasteiger partial charge in [0.25, 0.3) is 5.91 Å². The molecule has 0 fully saturated rings. The molecule has 0 radical (unpaired) electrons. The Hall–Kier alpha value is -2.31. The van der Waals surface area contributed by atoms with Gasteiger partial charge in [0.05, 0.1) is 11.3 Å². The van der Waals surface area contributed by atoms with E-state index in [9.17, 15) is 22.8 Å². The Labute approximate surface area is 112 Å². The van der Waals surface area contributed by atoms with Crippen LogP contribution in [0.1, 0.15) is 19.4 Å². The Morgan fingerprint density at radius 3 is 2.15 bits per heavy atom. The second-order valence-corrected chi connectivity index (χ2v) is 4.05. The van der Waals surface area contributed by atoms with Gasteiger partial charge in [-0.2, -0.15) is 13.2 Å². The zero-order valence-corrected chi connectivity index (χ0v) is 10.7. The van der Waals surface area contributed by atoms with Crippen LogP contribution in [-0.4, -0.2) is 17.0 Å². The number of carbonyl (C=O) groups excluding carboxylic acids is 1. The van der Waals surface area contributed by atoms with E-state index < -0.39 is 29.3 Å². The van der Waals surface area contributed by atoms with Gasteiger partial charge in [0.15, 0.2) is 0 Å². The summed E-state index contributed by atoms with van der Waals surface area (Å²) in [4.78, 5) is 22.4. The van der Waals surface area contributed by atoms with Gasteiger partial charge in [0, 0.05) is 11.1 Å². The average molecular weight is 287 g/mol. The summed E-state index contributed by atoms with van der Waals surface area (Å²) in [6, 6.07) is 4.47. The summed E-state index contributed by atoms with van der Waals surface area (Å²) in [6.45, 7) is 2.43. The number of alkyl halides is 3. The molecule has 1 rings (SSSR count). The lowest BCUT2D eigenvalue weighted by Gasteiger charge is -2.14. The number of halogens is 3. The smallest absolute Gasteiger partial charge is 0.418 e. The van der Waals surface area contributed by atoms with Gasteiger partial charge in [-0.3, -0.25) is 4.79 Å². The van der Waals surface area contributed by atoms with Crippen molar-refractivity contribution in [2.24, 2.45) is 0 Å². The predicted octanol–water partition coefficient (Wildman–Crippen LogP) is 3.06. The molecule has 0 atom stereocenters. The lowest BCUT2D eigenvalue weighted by atomic mass is 10.1. The highest BCUT2D eigenvalue weighted by atomic mass is 19.4. The van der Waals surface area contributed by atoms with E-state index in [0.717, 1.165) is 12.1 Å². The number of hydrogen-bond acceptors (Lipinski definition) is 2. The number of hydrogen-bond donors (Lipinski definition) is 2. The lowest BCUT2D eigenvalue weighted by Crippen LogP contribution is -2.19. The fourth-order valence-electron chi connectivity index (χ4n) is 1.39. The van der Waals surface area contributed by atoms with Crippen molar-refractivity contribution < 1.29 is 27.9 Å². The normalized spacial score (nSPS) is 12.7. The first-order valence-corrected chi connectivity index (χ1v) is 5.53. The Kier molecular flexibility index (Phi) is 4.54. The summed E-state index contributed by atoms with van der Waals surface area (Å²) in [5.74, 6) is -2.19. The van der Waals surface area contributed by atoms with Crippen LogP contribution in [0.2, 0.25) is 0 Å². The largest absolute Gasteiger partial charge is 0.478 e. The summed E-state index contributed by atoms with van der Waals surface area (Å²) in [5.41, 5.74) is -1.79. The molecule has 0 aliphatic heterocycles. The van der Waals surface area contributed by atoms with Gasteiger partial charge < -0.3 is 10.4 Å². The van der Waals surface area contributed by atoms with Gasteiger partial charge in [-0.05, 0) is 26.0 Å². The fourth-order valence-corrected chi connectivity index (χ4v) is 1.39. The molecular formula is C13H12F3NO3. The minimum absolute atomic E-state index is 0.158. The van der Waals surface area contributed by atoms with Gasteiger partial charge in [-0.25, -0.2) is 4.79 Å². The summed E-state index contributed by atoms with van der Waals surface area (Å²) >= 11 is 0. The maximum atomic E-state index is 12.7. The molecule has 0 aliphatic rings. The number of carboxylic acid groups (broad SMARTS) is 1. The van der Waals surface area contributed by atoms with E-state index in [1.807, 2.05) is 0 Å². The van der Waals surface area contributed by atoms with Crippen molar-refractivity contribution >= 4 is 17.6 Å². The molecule has 0 heterocycles. The number of amides is 1. The summed E-state index contributed by atoms with van der Waals surface area (Å²) in [6.07, 6.45) is -4.61. The summed E-state index contributed by atoms with van der Waals surface area (Å²) < 4.78 is 38.2. The summed E-state index contributed by atoms with van der Waals surface area (Å²) in [7, 11) is 0. The molecule has 1 aromatic rings. The van der Waals surface area contributed by atoms with Crippen LogP contribution < -0.4 is 5.32 Å². The number of benzene rings is 1. The highest BCUT2D eigenvalue weighted by Gasteiger charge is 2.33. The van der Waals surface area contributed by atoms with Crippen LogP contribution in [0.4, 0.5) is 18.9 Å². The highest BCUT2D eigenvalue weighted by Crippen LogP contribution is 2.34. The van der Waals surface area contributed by atoms with E-state index in [-0.39, 0.29) is 11.1 Å². The number of para-hydroxylation sites is 1. The van der Waals surface area contributed by atoms with Crippen LogP contribution in [0.3, 0.4) is 0 Å². The predicted molar refractivity (Wildman–Crippen MR) is 66.1 cm³/mol. The van der Waals surface area contributed by atoms with Crippen molar-refractivity contribution in [3.8, 4) is 0 Å². The molecular weight excluding hydrogens is 275 g/mol. The third kappa shape index (κ3) is 3.59. The molecule has 0 bridgehead atoms. The highest BCUT2D eigenvalue weighted by molar-refractivity contribution is 6.08. The van der Waals surface area contributed by atoms with Crippen LogP contribution in [0.5, 0.6) is 0 Å². The Morgan fingerprint density at radius 1 is 1.10 bits per heavy atom. The molecule has 20 heavy (non-hydrogen) atoms. The van der Waals surface area contributed by atoms with Crippen LogP contribution >= 0.6 is 0 Å². The van der Waals surface area contributed by atoms with Crippen molar-refractivity contribution in [2.75, 3.05) is 5.32 Å². The molecule has 1 amide bonds. The van der Waals surface area contributed by atoms with E-state index in [1.54, 1.807) is 0 Å². The Balaban J connectivity index is 3.10. The minimum Gasteiger partial charge on any atom is -0.478 e. The van der Waals surface area contributed by atoms with Crippen LogP contribution in [0.25, 0.3) is 0 Å². The maximum Gasteiger partial charge on any atom is 0.418 e. The molecule has 0 unspecified atom stereocenters. The molecule has 1 aromatic carbocycles. The summed E-state index contributed by atoms with van der Waals surface area (Å²) in [5, 5.41) is 10.8. The first kappa shape index (κ1) is 15.7. The second kappa shape index (κ2) is 5.77. The number of rotatable bonds is 3. The second-order valence-electron chi connectivity index (χ2n) is 4.05. The van der Waals surface area contributed by atoms with Gasteiger partial charge in [-0.15, -0.1) is 0 Å². The van der Waals surface area contributed by atoms with Crippen molar-refractivity contribution in [3.63, 3.8) is 0 Å². The Bertz CT molecular complexity index is 576. The number of nitrogens with one attached hydrogen (secondary N) is 1. The fraction of sp³-hybridized carbons (Fsp3) is 0.231. The number of carbonyl (C=O) groups is 2. The van der Waals surface area contributed by atoms with Crippen LogP contribution in [0, 0.1) is 0 Å². The van der Waals surface area contributed by atoms with E-state index in [1.165, 1.54) is 26.0 Å². The molecule has 2 N–H and O–H groups in total. The Morgan fingerprint density at radius 2 is 1.65 bits per heavy atom. The quantitative estimate of drug-likeness (QED) is 0.840. The van der Waals surface area contributed by atoms with Gasteiger partial charge in [0.2, 0.25) is 0 Å². The molecule has 0 saturated carbocycles. The number of aliphatic carboxylic acids is 1. The molecule has 4 nitrogen and oxygen atoms in total. The van der Waals surface area contributed by atoms with Gasteiger partial charge in [0.1, 0.15) is 0 Å². The molecule has 0 spiro atoms. The van der Waals surface area contributed by atoms with Gasteiger partial charge >= 0.3 is 12.1 Å². The van der Waals surface area contributed by atoms with Crippen molar-refractivity contribution in [1.29, 1.82) is 0 Å². The minimum atomic E-state index is -4.61. The van der Waals surface area contributed by atoms with Crippen molar-refractivity contribution in [3.05, 3.63) is 41.0 Å². The van der Waals surface area contributed by atoms with Crippen molar-refractivity contribution in [1.82, 2.24) is 0 Å². The van der Waals surface area contributed by atoms with Crippen molar-refractivity contribution in [2.45, 2.75) is 20.0 Å². The van der Waals surface area contributed by atoms with E-state index >= 15 is 0 Å². The molecule has 0 saturated heterocycles. The van der Waals surface area contributed by atoms with Crippen LogP contribution in [-0.2, 0) is 15.8 Å².